The van der Waals surface area contributed by atoms with E-state index >= 15 is 0 Å². The summed E-state index contributed by atoms with van der Waals surface area (Å²) >= 11 is 0. The minimum atomic E-state index is -0.133. The first-order chi connectivity index (χ1) is 15.2. The molecule has 0 radical (unpaired) electrons. The number of nitrogens with one attached hydrogen (secondary N) is 3. The van der Waals surface area contributed by atoms with Gasteiger partial charge in [0.2, 0.25) is 0 Å². The molecular formula is C23H33N5O3. The summed E-state index contributed by atoms with van der Waals surface area (Å²) in [5.41, 5.74) is 1.59. The highest BCUT2D eigenvalue weighted by Crippen LogP contribution is 2.08. The Morgan fingerprint density at radius 2 is 2.00 bits per heavy atom. The first-order valence-electron chi connectivity index (χ1n) is 10.9. The van der Waals surface area contributed by atoms with Gasteiger partial charge in [-0.1, -0.05) is 12.1 Å². The van der Waals surface area contributed by atoms with Crippen molar-refractivity contribution in [3.63, 3.8) is 0 Å². The number of hydrogen-bond donors (Lipinski definition) is 3. The van der Waals surface area contributed by atoms with Gasteiger partial charge in [0, 0.05) is 37.8 Å². The predicted molar refractivity (Wildman–Crippen MR) is 121 cm³/mol. The lowest BCUT2D eigenvalue weighted by atomic mass is 10.1. The smallest absolute Gasteiger partial charge is 0.251 e. The Labute approximate surface area is 184 Å². The Hall–Kier alpha value is -2.84. The molecule has 1 aromatic heterocycles. The van der Waals surface area contributed by atoms with Crippen LogP contribution in [0.15, 0.2) is 52.1 Å². The van der Waals surface area contributed by atoms with E-state index in [1.165, 1.54) is 0 Å². The van der Waals surface area contributed by atoms with Crippen LogP contribution in [0.4, 0.5) is 0 Å². The number of furan rings is 1. The van der Waals surface area contributed by atoms with Gasteiger partial charge >= 0.3 is 0 Å². The number of morpholine rings is 1. The van der Waals surface area contributed by atoms with Crippen LogP contribution in [0, 0.1) is 0 Å². The van der Waals surface area contributed by atoms with Crippen LogP contribution in [0.25, 0.3) is 0 Å². The summed E-state index contributed by atoms with van der Waals surface area (Å²) in [6, 6.07) is 11.6. The molecule has 8 nitrogen and oxygen atoms in total. The van der Waals surface area contributed by atoms with E-state index in [9.17, 15) is 4.79 Å². The van der Waals surface area contributed by atoms with Gasteiger partial charge in [-0.25, -0.2) is 4.99 Å². The highest BCUT2D eigenvalue weighted by atomic mass is 16.5. The first-order valence-corrected chi connectivity index (χ1v) is 10.9. The minimum absolute atomic E-state index is 0.133. The SMILES string of the molecule is CCNC(=NCc1cccc(C(=O)NCc2ccco2)c1)NCC(C)N1CCOCC1. The number of rotatable bonds is 9. The maximum Gasteiger partial charge on any atom is 0.251 e. The normalized spacial score (nSPS) is 16.0. The summed E-state index contributed by atoms with van der Waals surface area (Å²) in [5, 5.41) is 9.59. The molecule has 0 aliphatic carbocycles. The second kappa shape index (κ2) is 12.1. The number of guanidine groups is 1. The molecule has 168 valence electrons. The second-order valence-corrected chi connectivity index (χ2v) is 7.54. The first kappa shape index (κ1) is 22.8. The van der Waals surface area contributed by atoms with Gasteiger partial charge in [0.05, 0.1) is 32.6 Å². The van der Waals surface area contributed by atoms with Crippen LogP contribution in [-0.4, -0.2) is 62.2 Å². The fourth-order valence-electron chi connectivity index (χ4n) is 3.40. The van der Waals surface area contributed by atoms with Crippen molar-refractivity contribution in [2.75, 3.05) is 39.4 Å². The largest absolute Gasteiger partial charge is 0.467 e. The van der Waals surface area contributed by atoms with Crippen LogP contribution < -0.4 is 16.0 Å². The van der Waals surface area contributed by atoms with E-state index in [0.717, 1.165) is 56.7 Å². The molecule has 8 heteroatoms. The van der Waals surface area contributed by atoms with E-state index in [0.29, 0.717) is 24.7 Å². The molecule has 2 aromatic rings. The molecule has 3 rings (SSSR count). The van der Waals surface area contributed by atoms with Crippen LogP contribution in [-0.2, 0) is 17.8 Å². The summed E-state index contributed by atoms with van der Waals surface area (Å²) in [6.45, 7) is 10.2. The summed E-state index contributed by atoms with van der Waals surface area (Å²) in [4.78, 5) is 19.5. The van der Waals surface area contributed by atoms with Crippen LogP contribution in [0.3, 0.4) is 0 Å². The number of nitrogens with zero attached hydrogens (tertiary/aromatic N) is 2. The van der Waals surface area contributed by atoms with Crippen molar-refractivity contribution >= 4 is 11.9 Å². The van der Waals surface area contributed by atoms with Gasteiger partial charge in [-0.2, -0.15) is 0 Å². The van der Waals surface area contributed by atoms with Gasteiger partial charge in [-0.15, -0.1) is 0 Å². The number of amides is 1. The average molecular weight is 428 g/mol. The zero-order valence-electron chi connectivity index (χ0n) is 18.4. The number of ether oxygens (including phenoxy) is 1. The maximum atomic E-state index is 12.4. The fraction of sp³-hybridized carbons (Fsp3) is 0.478. The quantitative estimate of drug-likeness (QED) is 0.419. The molecule has 1 fully saturated rings. The topological polar surface area (TPSA) is 91.1 Å². The van der Waals surface area contributed by atoms with Crippen molar-refractivity contribution in [2.24, 2.45) is 4.99 Å². The van der Waals surface area contributed by atoms with Crippen molar-refractivity contribution in [3.05, 3.63) is 59.5 Å². The van der Waals surface area contributed by atoms with Crippen molar-refractivity contribution < 1.29 is 13.9 Å². The van der Waals surface area contributed by atoms with E-state index in [2.05, 4.69) is 27.8 Å². The molecule has 1 aromatic carbocycles. The lowest BCUT2D eigenvalue weighted by Crippen LogP contribution is -2.49. The molecule has 2 heterocycles. The Balaban J connectivity index is 1.53. The number of hydrogen-bond acceptors (Lipinski definition) is 5. The third kappa shape index (κ3) is 7.41. The highest BCUT2D eigenvalue weighted by molar-refractivity contribution is 5.94. The Kier molecular flexibility index (Phi) is 8.93. The summed E-state index contributed by atoms with van der Waals surface area (Å²) in [7, 11) is 0. The molecule has 0 bridgehead atoms. The summed E-state index contributed by atoms with van der Waals surface area (Å²) in [6.07, 6.45) is 1.60. The second-order valence-electron chi connectivity index (χ2n) is 7.54. The van der Waals surface area contributed by atoms with Gasteiger partial charge in [0.25, 0.3) is 5.91 Å². The molecule has 1 amide bonds. The molecule has 1 atom stereocenters. The number of aliphatic imine (C=N–C) groups is 1. The van der Waals surface area contributed by atoms with E-state index in [1.807, 2.05) is 31.2 Å². The molecule has 3 N–H and O–H groups in total. The molecule has 1 aliphatic heterocycles. The van der Waals surface area contributed by atoms with Gasteiger partial charge < -0.3 is 25.1 Å². The number of benzene rings is 1. The fourth-order valence-corrected chi connectivity index (χ4v) is 3.40. The minimum Gasteiger partial charge on any atom is -0.467 e. The molecular weight excluding hydrogens is 394 g/mol. The van der Waals surface area contributed by atoms with Gasteiger partial charge in [-0.3, -0.25) is 9.69 Å². The molecule has 1 aliphatic rings. The molecule has 1 unspecified atom stereocenters. The van der Waals surface area contributed by atoms with Gasteiger partial charge in [0.15, 0.2) is 5.96 Å². The Bertz CT molecular complexity index is 831. The standard InChI is InChI=1S/C23H33N5O3/c1-3-24-23(26-15-18(2)28-9-12-30-13-10-28)27-16-19-6-4-7-20(14-19)22(29)25-17-21-8-5-11-31-21/h4-8,11,14,18H,3,9-10,12-13,15-17H2,1-2H3,(H,25,29)(H2,24,26,27). The van der Waals surface area contributed by atoms with Crippen LogP contribution in [0.1, 0.15) is 35.5 Å². The molecule has 1 saturated heterocycles. The Morgan fingerprint density at radius 1 is 1.16 bits per heavy atom. The lowest BCUT2D eigenvalue weighted by Gasteiger charge is -2.32. The van der Waals surface area contributed by atoms with Gasteiger partial charge in [0.1, 0.15) is 5.76 Å². The summed E-state index contributed by atoms with van der Waals surface area (Å²) < 4.78 is 10.7. The molecule has 31 heavy (non-hydrogen) atoms. The van der Waals surface area contributed by atoms with Crippen molar-refractivity contribution in [1.82, 2.24) is 20.9 Å². The van der Waals surface area contributed by atoms with Crippen LogP contribution in [0.5, 0.6) is 0 Å². The third-order valence-corrected chi connectivity index (χ3v) is 5.19. The lowest BCUT2D eigenvalue weighted by molar-refractivity contribution is 0.0211. The molecule has 0 spiro atoms. The number of carbonyl (C=O) groups is 1. The van der Waals surface area contributed by atoms with E-state index in [4.69, 9.17) is 14.1 Å². The van der Waals surface area contributed by atoms with Crippen molar-refractivity contribution in [1.29, 1.82) is 0 Å². The van der Waals surface area contributed by atoms with Crippen LogP contribution >= 0.6 is 0 Å². The van der Waals surface area contributed by atoms with E-state index in [-0.39, 0.29) is 5.91 Å². The maximum absolute atomic E-state index is 12.4. The Morgan fingerprint density at radius 3 is 2.74 bits per heavy atom. The highest BCUT2D eigenvalue weighted by Gasteiger charge is 2.17. The zero-order chi connectivity index (χ0) is 21.9. The third-order valence-electron chi connectivity index (χ3n) is 5.19. The van der Waals surface area contributed by atoms with E-state index < -0.39 is 0 Å². The van der Waals surface area contributed by atoms with Crippen molar-refractivity contribution in [2.45, 2.75) is 33.0 Å². The average Bonchev–Trinajstić information content (AvgIpc) is 3.33. The predicted octanol–water partition coefficient (Wildman–Crippen LogP) is 1.99. The monoisotopic (exact) mass is 427 g/mol. The van der Waals surface area contributed by atoms with E-state index in [1.54, 1.807) is 18.4 Å². The van der Waals surface area contributed by atoms with Crippen molar-refractivity contribution in [3.8, 4) is 0 Å². The van der Waals surface area contributed by atoms with Crippen LogP contribution in [0.2, 0.25) is 0 Å². The zero-order valence-corrected chi connectivity index (χ0v) is 18.4. The molecule has 0 saturated carbocycles. The van der Waals surface area contributed by atoms with Gasteiger partial charge in [-0.05, 0) is 43.7 Å². The summed E-state index contributed by atoms with van der Waals surface area (Å²) in [5.74, 6) is 1.36. The number of carbonyl (C=O) groups excluding carboxylic acids is 1.